The van der Waals surface area contributed by atoms with E-state index in [1.54, 1.807) is 0 Å². The zero-order valence-electron chi connectivity index (χ0n) is 12.2. The molecule has 0 radical (unpaired) electrons. The van der Waals surface area contributed by atoms with Crippen LogP contribution in [-0.4, -0.2) is 18.0 Å². The van der Waals surface area contributed by atoms with Gasteiger partial charge in [0.2, 0.25) is 5.91 Å². The molecule has 18 heavy (non-hydrogen) atoms. The summed E-state index contributed by atoms with van der Waals surface area (Å²) in [5.41, 5.74) is 6.12. The van der Waals surface area contributed by atoms with E-state index in [1.807, 2.05) is 0 Å². The predicted molar refractivity (Wildman–Crippen MR) is 76.2 cm³/mol. The summed E-state index contributed by atoms with van der Waals surface area (Å²) in [6.45, 7) is 6.53. The van der Waals surface area contributed by atoms with Gasteiger partial charge in [0.15, 0.2) is 0 Å². The standard InChI is InChI=1S/C15H30N2O/c1-4-11(2)10-12(3)17-15(18)13-8-6-5-7-9-14(13)16/h11-14H,4-10,16H2,1-3H3,(H,17,18). The fourth-order valence-electron chi connectivity index (χ4n) is 2.84. The van der Waals surface area contributed by atoms with Crippen molar-refractivity contribution in [2.24, 2.45) is 17.6 Å². The first-order valence-corrected chi connectivity index (χ1v) is 7.60. The summed E-state index contributed by atoms with van der Waals surface area (Å²) >= 11 is 0. The van der Waals surface area contributed by atoms with Crippen LogP contribution >= 0.6 is 0 Å². The molecule has 3 N–H and O–H groups in total. The fraction of sp³-hybridized carbons (Fsp3) is 0.933. The van der Waals surface area contributed by atoms with E-state index in [0.717, 1.165) is 25.7 Å². The molecule has 4 unspecified atom stereocenters. The van der Waals surface area contributed by atoms with Crippen molar-refractivity contribution in [1.29, 1.82) is 0 Å². The van der Waals surface area contributed by atoms with Gasteiger partial charge in [-0.15, -0.1) is 0 Å². The van der Waals surface area contributed by atoms with Crippen molar-refractivity contribution >= 4 is 5.91 Å². The van der Waals surface area contributed by atoms with Crippen LogP contribution in [0.25, 0.3) is 0 Å². The highest BCUT2D eigenvalue weighted by atomic mass is 16.2. The average Bonchev–Trinajstić information content (AvgIpc) is 2.53. The number of carbonyl (C=O) groups excluding carboxylic acids is 1. The topological polar surface area (TPSA) is 55.1 Å². The number of hydrogen-bond donors (Lipinski definition) is 2. The van der Waals surface area contributed by atoms with Gasteiger partial charge in [0.25, 0.3) is 0 Å². The molecule has 1 aliphatic rings. The molecule has 0 aromatic heterocycles. The molecule has 1 saturated carbocycles. The van der Waals surface area contributed by atoms with Crippen LogP contribution in [0.15, 0.2) is 0 Å². The summed E-state index contributed by atoms with van der Waals surface area (Å²) in [4.78, 5) is 12.3. The Kier molecular flexibility index (Phi) is 6.69. The number of nitrogens with one attached hydrogen (secondary N) is 1. The summed E-state index contributed by atoms with van der Waals surface area (Å²) < 4.78 is 0. The van der Waals surface area contributed by atoms with Crippen molar-refractivity contribution in [3.8, 4) is 0 Å². The Labute approximate surface area is 112 Å². The Morgan fingerprint density at radius 1 is 1.28 bits per heavy atom. The number of rotatable bonds is 5. The molecule has 4 atom stereocenters. The lowest BCUT2D eigenvalue weighted by Crippen LogP contribution is -2.44. The molecule has 0 spiro atoms. The van der Waals surface area contributed by atoms with Crippen LogP contribution in [0.2, 0.25) is 0 Å². The molecule has 1 aliphatic carbocycles. The van der Waals surface area contributed by atoms with E-state index < -0.39 is 0 Å². The quantitative estimate of drug-likeness (QED) is 0.741. The highest BCUT2D eigenvalue weighted by Gasteiger charge is 2.27. The molecule has 106 valence electrons. The summed E-state index contributed by atoms with van der Waals surface area (Å²) in [5.74, 6) is 0.884. The molecule has 0 aromatic carbocycles. The van der Waals surface area contributed by atoms with Crippen molar-refractivity contribution in [3.05, 3.63) is 0 Å². The highest BCUT2D eigenvalue weighted by Crippen LogP contribution is 2.22. The van der Waals surface area contributed by atoms with Crippen LogP contribution in [0.5, 0.6) is 0 Å². The highest BCUT2D eigenvalue weighted by molar-refractivity contribution is 5.79. The van der Waals surface area contributed by atoms with Crippen LogP contribution in [0.4, 0.5) is 0 Å². The third kappa shape index (κ3) is 4.97. The summed E-state index contributed by atoms with van der Waals surface area (Å²) in [6.07, 6.45) is 7.73. The third-order valence-electron chi connectivity index (χ3n) is 4.25. The fourth-order valence-corrected chi connectivity index (χ4v) is 2.84. The molecule has 1 amide bonds. The van der Waals surface area contributed by atoms with Gasteiger partial charge in [-0.25, -0.2) is 0 Å². The zero-order valence-corrected chi connectivity index (χ0v) is 12.2. The maximum absolute atomic E-state index is 12.3. The van der Waals surface area contributed by atoms with Gasteiger partial charge in [-0.3, -0.25) is 4.79 Å². The molecule has 0 saturated heterocycles. The maximum Gasteiger partial charge on any atom is 0.224 e. The molecule has 0 aliphatic heterocycles. The van der Waals surface area contributed by atoms with Gasteiger partial charge in [0, 0.05) is 12.1 Å². The lowest BCUT2D eigenvalue weighted by molar-refractivity contribution is -0.126. The first-order chi connectivity index (χ1) is 8.54. The number of hydrogen-bond acceptors (Lipinski definition) is 2. The van der Waals surface area contributed by atoms with Crippen molar-refractivity contribution in [1.82, 2.24) is 5.32 Å². The second kappa shape index (κ2) is 7.78. The van der Waals surface area contributed by atoms with Crippen LogP contribution in [0.1, 0.15) is 65.7 Å². The van der Waals surface area contributed by atoms with Gasteiger partial charge in [-0.1, -0.05) is 39.5 Å². The van der Waals surface area contributed by atoms with Gasteiger partial charge >= 0.3 is 0 Å². The molecule has 3 nitrogen and oxygen atoms in total. The first kappa shape index (κ1) is 15.5. The molecule has 0 aromatic rings. The average molecular weight is 254 g/mol. The second-order valence-corrected chi connectivity index (χ2v) is 6.07. The Bertz CT molecular complexity index is 255. The Balaban J connectivity index is 2.42. The van der Waals surface area contributed by atoms with Crippen molar-refractivity contribution < 1.29 is 4.79 Å². The maximum atomic E-state index is 12.3. The lowest BCUT2D eigenvalue weighted by atomic mass is 9.93. The number of carbonyl (C=O) groups is 1. The van der Waals surface area contributed by atoms with Gasteiger partial charge in [-0.2, -0.15) is 0 Å². The third-order valence-corrected chi connectivity index (χ3v) is 4.25. The Hall–Kier alpha value is -0.570. The molecule has 1 fully saturated rings. The van der Waals surface area contributed by atoms with E-state index in [4.69, 9.17) is 5.73 Å². The van der Waals surface area contributed by atoms with E-state index in [-0.39, 0.29) is 23.9 Å². The van der Waals surface area contributed by atoms with Gasteiger partial charge < -0.3 is 11.1 Å². The van der Waals surface area contributed by atoms with Crippen LogP contribution in [-0.2, 0) is 4.79 Å². The van der Waals surface area contributed by atoms with Crippen LogP contribution in [0, 0.1) is 11.8 Å². The van der Waals surface area contributed by atoms with Gasteiger partial charge in [0.05, 0.1) is 5.92 Å². The van der Waals surface area contributed by atoms with E-state index >= 15 is 0 Å². The molecule has 3 heteroatoms. The normalized spacial score (nSPS) is 28.2. The summed E-state index contributed by atoms with van der Waals surface area (Å²) in [6, 6.07) is 0.325. The van der Waals surface area contributed by atoms with E-state index in [2.05, 4.69) is 26.1 Å². The molecular formula is C15H30N2O. The van der Waals surface area contributed by atoms with Crippen LogP contribution in [0.3, 0.4) is 0 Å². The van der Waals surface area contributed by atoms with E-state index in [1.165, 1.54) is 19.3 Å². The smallest absolute Gasteiger partial charge is 0.224 e. The molecule has 0 heterocycles. The predicted octanol–water partition coefficient (Wildman–Crippen LogP) is 2.83. The summed E-state index contributed by atoms with van der Waals surface area (Å²) in [5, 5.41) is 3.15. The molecule has 0 bridgehead atoms. The lowest BCUT2D eigenvalue weighted by Gasteiger charge is -2.24. The second-order valence-electron chi connectivity index (χ2n) is 6.07. The van der Waals surface area contributed by atoms with E-state index in [9.17, 15) is 4.79 Å². The van der Waals surface area contributed by atoms with E-state index in [0.29, 0.717) is 5.92 Å². The van der Waals surface area contributed by atoms with Crippen molar-refractivity contribution in [2.45, 2.75) is 77.8 Å². The van der Waals surface area contributed by atoms with Crippen LogP contribution < -0.4 is 11.1 Å². The zero-order chi connectivity index (χ0) is 13.5. The Morgan fingerprint density at radius 3 is 2.61 bits per heavy atom. The van der Waals surface area contributed by atoms with Crippen molar-refractivity contribution in [2.75, 3.05) is 0 Å². The molecule has 1 rings (SSSR count). The minimum atomic E-state index is 0.0342. The summed E-state index contributed by atoms with van der Waals surface area (Å²) in [7, 11) is 0. The van der Waals surface area contributed by atoms with Gasteiger partial charge in [0.1, 0.15) is 0 Å². The minimum absolute atomic E-state index is 0.0342. The minimum Gasteiger partial charge on any atom is -0.353 e. The monoisotopic (exact) mass is 254 g/mol. The Morgan fingerprint density at radius 2 is 1.94 bits per heavy atom. The number of amides is 1. The first-order valence-electron chi connectivity index (χ1n) is 7.60. The van der Waals surface area contributed by atoms with Crippen molar-refractivity contribution in [3.63, 3.8) is 0 Å². The largest absolute Gasteiger partial charge is 0.353 e. The van der Waals surface area contributed by atoms with Gasteiger partial charge in [-0.05, 0) is 32.1 Å². The number of nitrogens with two attached hydrogens (primary N) is 1. The molecular weight excluding hydrogens is 224 g/mol. The SMILES string of the molecule is CCC(C)CC(C)NC(=O)C1CCCCCC1N.